The number of anilines is 1. The number of hydrogen-bond acceptors (Lipinski definition) is 2. The number of benzene rings is 2. The van der Waals surface area contributed by atoms with Crippen LogP contribution in [0.5, 0.6) is 0 Å². The second-order valence-corrected chi connectivity index (χ2v) is 8.00. The lowest BCUT2D eigenvalue weighted by Gasteiger charge is -2.21. The quantitative estimate of drug-likeness (QED) is 0.595. The fourth-order valence-corrected chi connectivity index (χ4v) is 4.17. The molecule has 4 nitrogen and oxygen atoms in total. The van der Waals surface area contributed by atoms with Crippen LogP contribution >= 0.6 is 0 Å². The maximum Gasteiger partial charge on any atom is 0.191 e. The van der Waals surface area contributed by atoms with E-state index in [-0.39, 0.29) is 11.2 Å². The highest BCUT2D eigenvalue weighted by Gasteiger charge is 2.45. The van der Waals surface area contributed by atoms with Gasteiger partial charge in [0.15, 0.2) is 5.96 Å². The van der Waals surface area contributed by atoms with Crippen LogP contribution in [0.4, 0.5) is 10.1 Å². The summed E-state index contributed by atoms with van der Waals surface area (Å²) in [5.41, 5.74) is 2.04. The number of halogens is 1. The molecule has 0 amide bonds. The Morgan fingerprint density at radius 1 is 1.11 bits per heavy atom. The predicted octanol–water partition coefficient (Wildman–Crippen LogP) is 3.55. The minimum atomic E-state index is -0.100. The summed E-state index contributed by atoms with van der Waals surface area (Å²) in [6.07, 6.45) is 3.22. The summed E-state index contributed by atoms with van der Waals surface area (Å²) in [7, 11) is 1.79. The molecule has 2 aliphatic rings. The zero-order valence-corrected chi connectivity index (χ0v) is 16.5. The van der Waals surface area contributed by atoms with E-state index in [2.05, 4.69) is 50.9 Å². The third-order valence-corrected chi connectivity index (χ3v) is 6.08. The summed E-state index contributed by atoms with van der Waals surface area (Å²) in [5, 5.41) is 6.89. The van der Waals surface area contributed by atoms with Crippen LogP contribution in [0.3, 0.4) is 0 Å². The summed E-state index contributed by atoms with van der Waals surface area (Å²) < 4.78 is 14.2. The Bertz CT molecular complexity index is 816. The molecule has 1 atom stereocenters. The van der Waals surface area contributed by atoms with Crippen LogP contribution in [0.1, 0.15) is 24.8 Å². The van der Waals surface area contributed by atoms with Gasteiger partial charge in [0, 0.05) is 44.3 Å². The molecular weight excluding hydrogens is 351 g/mol. The smallest absolute Gasteiger partial charge is 0.191 e. The largest absolute Gasteiger partial charge is 0.371 e. The van der Waals surface area contributed by atoms with E-state index in [0.29, 0.717) is 12.5 Å². The first-order chi connectivity index (χ1) is 13.7. The highest BCUT2D eigenvalue weighted by molar-refractivity contribution is 5.79. The van der Waals surface area contributed by atoms with Crippen molar-refractivity contribution in [3.63, 3.8) is 0 Å². The predicted molar refractivity (Wildman–Crippen MR) is 113 cm³/mol. The van der Waals surface area contributed by atoms with Crippen molar-refractivity contribution in [2.45, 2.75) is 24.7 Å². The third-order valence-electron chi connectivity index (χ3n) is 6.08. The van der Waals surface area contributed by atoms with E-state index in [1.165, 1.54) is 12.1 Å². The van der Waals surface area contributed by atoms with Gasteiger partial charge >= 0.3 is 0 Å². The van der Waals surface area contributed by atoms with E-state index < -0.39 is 0 Å². The summed E-state index contributed by atoms with van der Waals surface area (Å²) >= 11 is 0. The topological polar surface area (TPSA) is 39.7 Å². The Morgan fingerprint density at radius 3 is 2.57 bits per heavy atom. The molecule has 1 aliphatic heterocycles. The number of nitrogens with one attached hydrogen (secondary N) is 2. The van der Waals surface area contributed by atoms with Gasteiger partial charge in [0.1, 0.15) is 5.82 Å². The number of nitrogens with zero attached hydrogens (tertiary/aromatic N) is 2. The number of aliphatic imine (C=N–C) groups is 1. The molecular formula is C23H29FN4. The molecule has 1 saturated carbocycles. The summed E-state index contributed by atoms with van der Waals surface area (Å²) in [6.45, 7) is 3.77. The van der Waals surface area contributed by atoms with Gasteiger partial charge in [-0.25, -0.2) is 4.39 Å². The molecule has 1 aliphatic carbocycles. The van der Waals surface area contributed by atoms with Crippen LogP contribution in [0.2, 0.25) is 0 Å². The van der Waals surface area contributed by atoms with Gasteiger partial charge in [0.2, 0.25) is 0 Å². The van der Waals surface area contributed by atoms with Gasteiger partial charge in [-0.05, 0) is 48.9 Å². The second kappa shape index (κ2) is 8.21. The molecule has 28 heavy (non-hydrogen) atoms. The van der Waals surface area contributed by atoms with Crippen LogP contribution in [-0.2, 0) is 5.41 Å². The molecule has 2 aromatic rings. The molecule has 148 valence electrons. The normalized spacial score (nSPS) is 20.9. The molecule has 2 N–H and O–H groups in total. The Balaban J connectivity index is 1.26. The molecule has 5 heteroatoms. The van der Waals surface area contributed by atoms with Crippen molar-refractivity contribution in [3.05, 3.63) is 66.0 Å². The van der Waals surface area contributed by atoms with Crippen molar-refractivity contribution in [2.24, 2.45) is 10.9 Å². The Kier molecular flexibility index (Phi) is 5.51. The first-order valence-corrected chi connectivity index (χ1v) is 10.2. The molecule has 0 spiro atoms. The first-order valence-electron chi connectivity index (χ1n) is 10.2. The second-order valence-electron chi connectivity index (χ2n) is 8.00. The van der Waals surface area contributed by atoms with E-state index >= 15 is 0 Å². The van der Waals surface area contributed by atoms with Gasteiger partial charge in [0.05, 0.1) is 0 Å². The minimum absolute atomic E-state index is 0.0829. The lowest BCUT2D eigenvalue weighted by atomic mass is 9.95. The van der Waals surface area contributed by atoms with Crippen molar-refractivity contribution in [1.29, 1.82) is 0 Å². The van der Waals surface area contributed by atoms with Gasteiger partial charge in [-0.3, -0.25) is 4.99 Å². The highest BCUT2D eigenvalue weighted by Crippen LogP contribution is 2.48. The molecule has 0 bridgehead atoms. The van der Waals surface area contributed by atoms with Crippen LogP contribution in [0.15, 0.2) is 59.6 Å². The molecule has 1 unspecified atom stereocenters. The summed E-state index contributed by atoms with van der Waals surface area (Å²) in [6, 6.07) is 17.7. The zero-order chi connectivity index (χ0) is 19.4. The fraction of sp³-hybridized carbons (Fsp3) is 0.435. The third kappa shape index (κ3) is 4.13. The van der Waals surface area contributed by atoms with Gasteiger partial charge in [0.25, 0.3) is 0 Å². The highest BCUT2D eigenvalue weighted by atomic mass is 19.1. The van der Waals surface area contributed by atoms with Crippen molar-refractivity contribution in [2.75, 3.05) is 38.1 Å². The van der Waals surface area contributed by atoms with Crippen LogP contribution < -0.4 is 15.5 Å². The molecule has 0 aromatic heterocycles. The van der Waals surface area contributed by atoms with Gasteiger partial charge < -0.3 is 15.5 Å². The van der Waals surface area contributed by atoms with Gasteiger partial charge in [-0.15, -0.1) is 0 Å². The Labute approximate surface area is 166 Å². The van der Waals surface area contributed by atoms with E-state index in [0.717, 1.165) is 44.0 Å². The number of hydrogen-bond donors (Lipinski definition) is 2. The van der Waals surface area contributed by atoms with Gasteiger partial charge in [-0.1, -0.05) is 36.4 Å². The maximum absolute atomic E-state index is 14.2. The summed E-state index contributed by atoms with van der Waals surface area (Å²) in [5.74, 6) is 1.30. The van der Waals surface area contributed by atoms with Crippen LogP contribution in [0.25, 0.3) is 0 Å². The van der Waals surface area contributed by atoms with Crippen molar-refractivity contribution in [1.82, 2.24) is 10.6 Å². The number of rotatable bonds is 6. The zero-order valence-electron chi connectivity index (χ0n) is 16.5. The van der Waals surface area contributed by atoms with Crippen molar-refractivity contribution in [3.8, 4) is 0 Å². The lowest BCUT2D eigenvalue weighted by molar-refractivity contribution is 0.547. The Hall–Kier alpha value is -2.56. The SMILES string of the molecule is CN=C(NCC1CCN(c2ccccc2)C1)NCC1(c2ccccc2F)CC1. The average Bonchev–Trinajstić information content (AvgIpc) is 3.37. The van der Waals surface area contributed by atoms with E-state index in [4.69, 9.17) is 0 Å². The molecule has 4 rings (SSSR count). The van der Waals surface area contributed by atoms with Crippen molar-refractivity contribution < 1.29 is 4.39 Å². The monoisotopic (exact) mass is 380 g/mol. The average molecular weight is 381 g/mol. The summed E-state index contributed by atoms with van der Waals surface area (Å²) in [4.78, 5) is 6.80. The van der Waals surface area contributed by atoms with Crippen molar-refractivity contribution >= 4 is 11.6 Å². The van der Waals surface area contributed by atoms with E-state index in [9.17, 15) is 4.39 Å². The fourth-order valence-electron chi connectivity index (χ4n) is 4.17. The maximum atomic E-state index is 14.2. The van der Waals surface area contributed by atoms with Crippen LogP contribution in [-0.4, -0.2) is 39.2 Å². The molecule has 0 radical (unpaired) electrons. The molecule has 2 fully saturated rings. The number of guanidine groups is 1. The Morgan fingerprint density at radius 2 is 1.86 bits per heavy atom. The van der Waals surface area contributed by atoms with E-state index in [1.54, 1.807) is 19.2 Å². The molecule has 2 aromatic carbocycles. The number of para-hydroxylation sites is 1. The molecule has 1 heterocycles. The van der Waals surface area contributed by atoms with E-state index in [1.807, 2.05) is 12.1 Å². The minimum Gasteiger partial charge on any atom is -0.371 e. The standard InChI is InChI=1S/C23H29FN4/c1-25-22(27-17-23(12-13-23)20-9-5-6-10-21(20)24)26-15-18-11-14-28(16-18)19-7-3-2-4-8-19/h2-10,18H,11-17H2,1H3,(H2,25,26,27). The lowest BCUT2D eigenvalue weighted by Crippen LogP contribution is -2.43. The molecule has 1 saturated heterocycles. The van der Waals surface area contributed by atoms with Gasteiger partial charge in [-0.2, -0.15) is 0 Å². The van der Waals surface area contributed by atoms with Crippen LogP contribution in [0, 0.1) is 11.7 Å². The first kappa shape index (κ1) is 18.8.